The molecule has 1 aromatic rings. The molecule has 0 fully saturated rings. The highest BCUT2D eigenvalue weighted by atomic mass is 16.6. The zero-order chi connectivity index (χ0) is 10.6. The van der Waals surface area contributed by atoms with Crippen molar-refractivity contribution in [2.45, 2.75) is 6.92 Å². The number of nitrogens with zero attached hydrogens (tertiary/aromatic N) is 2. The minimum atomic E-state index is -0.493. The van der Waals surface area contributed by atoms with Gasteiger partial charge in [0.2, 0.25) is 5.88 Å². The molecular weight excluding hydrogens is 186 g/mol. The van der Waals surface area contributed by atoms with E-state index < -0.39 is 4.92 Å². The van der Waals surface area contributed by atoms with E-state index in [0.29, 0.717) is 24.6 Å². The molecule has 14 heavy (non-hydrogen) atoms. The van der Waals surface area contributed by atoms with E-state index in [2.05, 4.69) is 4.98 Å². The Bertz CT molecular complexity index is 341. The summed E-state index contributed by atoms with van der Waals surface area (Å²) >= 11 is 0. The predicted octanol–water partition coefficient (Wildman–Crippen LogP) is 0.636. The number of nitrogens with two attached hydrogens (primary N) is 1. The summed E-state index contributed by atoms with van der Waals surface area (Å²) < 4.78 is 5.16. The molecule has 76 valence electrons. The third-order valence-corrected chi connectivity index (χ3v) is 1.58. The van der Waals surface area contributed by atoms with Gasteiger partial charge in [0.25, 0.3) is 5.69 Å². The van der Waals surface area contributed by atoms with E-state index in [-0.39, 0.29) is 5.69 Å². The fraction of sp³-hybridized carbons (Fsp3) is 0.375. The van der Waals surface area contributed by atoms with Gasteiger partial charge in [-0.2, -0.15) is 0 Å². The van der Waals surface area contributed by atoms with E-state index >= 15 is 0 Å². The van der Waals surface area contributed by atoms with Crippen LogP contribution in [-0.2, 0) is 0 Å². The van der Waals surface area contributed by atoms with Gasteiger partial charge in [0.05, 0.1) is 4.92 Å². The van der Waals surface area contributed by atoms with Gasteiger partial charge in [-0.1, -0.05) is 0 Å². The van der Waals surface area contributed by atoms with Crippen LogP contribution in [0.5, 0.6) is 5.88 Å². The number of nitro groups is 1. The number of aryl methyl sites for hydroxylation is 1. The third-order valence-electron chi connectivity index (χ3n) is 1.58. The van der Waals surface area contributed by atoms with Gasteiger partial charge in [-0.05, 0) is 6.92 Å². The lowest BCUT2D eigenvalue weighted by molar-refractivity contribution is -0.385. The minimum absolute atomic E-state index is 0.0393. The van der Waals surface area contributed by atoms with Gasteiger partial charge in [-0.25, -0.2) is 4.98 Å². The lowest BCUT2D eigenvalue weighted by Crippen LogP contribution is -2.11. The maximum absolute atomic E-state index is 10.4. The monoisotopic (exact) mass is 197 g/mol. The maximum atomic E-state index is 10.4. The Morgan fingerprint density at radius 3 is 2.93 bits per heavy atom. The Morgan fingerprint density at radius 2 is 2.43 bits per heavy atom. The lowest BCUT2D eigenvalue weighted by atomic mass is 10.3. The third kappa shape index (κ3) is 2.40. The van der Waals surface area contributed by atoms with Gasteiger partial charge in [0.15, 0.2) is 0 Å². The van der Waals surface area contributed by atoms with E-state index in [1.807, 2.05) is 0 Å². The second-order valence-corrected chi connectivity index (χ2v) is 2.71. The maximum Gasteiger partial charge on any atom is 0.288 e. The molecule has 0 aliphatic carbocycles. The van der Waals surface area contributed by atoms with Gasteiger partial charge < -0.3 is 10.5 Å². The largest absolute Gasteiger partial charge is 0.476 e. The van der Waals surface area contributed by atoms with Crippen LogP contribution in [0.1, 0.15) is 5.56 Å². The molecule has 0 saturated heterocycles. The molecule has 0 radical (unpaired) electrons. The Hall–Kier alpha value is -1.69. The number of rotatable bonds is 4. The number of hydrogen-bond acceptors (Lipinski definition) is 5. The fourth-order valence-electron chi connectivity index (χ4n) is 0.954. The van der Waals surface area contributed by atoms with Crippen molar-refractivity contribution in [3.8, 4) is 5.88 Å². The first-order valence-electron chi connectivity index (χ1n) is 4.09. The summed E-state index contributed by atoms with van der Waals surface area (Å²) in [6.07, 6.45) is 1.17. The standard InChI is InChI=1S/C8H11N3O3/c1-6-4-7(11(12)13)5-10-8(6)14-3-2-9/h4-5H,2-3,9H2,1H3. The van der Waals surface area contributed by atoms with Crippen LogP contribution in [0, 0.1) is 17.0 Å². The van der Waals surface area contributed by atoms with Crippen LogP contribution in [0.4, 0.5) is 5.69 Å². The molecule has 0 saturated carbocycles. The number of pyridine rings is 1. The number of aromatic nitrogens is 1. The Kier molecular flexibility index (Phi) is 3.35. The van der Waals surface area contributed by atoms with E-state index in [0.717, 1.165) is 0 Å². The fourth-order valence-corrected chi connectivity index (χ4v) is 0.954. The highest BCUT2D eigenvalue weighted by Gasteiger charge is 2.09. The molecule has 0 aromatic carbocycles. The molecule has 0 aliphatic rings. The van der Waals surface area contributed by atoms with Crippen molar-refractivity contribution in [3.05, 3.63) is 27.9 Å². The van der Waals surface area contributed by atoms with Crippen LogP contribution >= 0.6 is 0 Å². The Balaban J connectivity index is 2.84. The molecule has 1 heterocycles. The summed E-state index contributed by atoms with van der Waals surface area (Å²) in [5.41, 5.74) is 5.84. The van der Waals surface area contributed by atoms with Crippen LogP contribution in [-0.4, -0.2) is 23.1 Å². The van der Waals surface area contributed by atoms with E-state index in [1.54, 1.807) is 6.92 Å². The van der Waals surface area contributed by atoms with E-state index in [9.17, 15) is 10.1 Å². The molecule has 0 bridgehead atoms. The number of hydrogen-bond donors (Lipinski definition) is 1. The lowest BCUT2D eigenvalue weighted by Gasteiger charge is -2.05. The zero-order valence-corrected chi connectivity index (χ0v) is 7.77. The second-order valence-electron chi connectivity index (χ2n) is 2.71. The van der Waals surface area contributed by atoms with Crippen LogP contribution in [0.2, 0.25) is 0 Å². The van der Waals surface area contributed by atoms with Crippen LogP contribution < -0.4 is 10.5 Å². The minimum Gasteiger partial charge on any atom is -0.476 e. The van der Waals surface area contributed by atoms with Crippen molar-refractivity contribution in [1.29, 1.82) is 0 Å². The first kappa shape index (κ1) is 10.4. The molecule has 0 amide bonds. The summed E-state index contributed by atoms with van der Waals surface area (Å²) in [5, 5.41) is 10.4. The molecule has 0 aliphatic heterocycles. The highest BCUT2D eigenvalue weighted by Crippen LogP contribution is 2.19. The predicted molar refractivity (Wildman–Crippen MR) is 50.2 cm³/mol. The molecule has 0 unspecified atom stereocenters. The number of ether oxygens (including phenoxy) is 1. The van der Waals surface area contributed by atoms with E-state index in [1.165, 1.54) is 12.3 Å². The average Bonchev–Trinajstić information content (AvgIpc) is 2.15. The molecule has 0 atom stereocenters. The first-order chi connectivity index (χ1) is 6.65. The molecular formula is C8H11N3O3. The van der Waals surface area contributed by atoms with Crippen molar-refractivity contribution in [2.24, 2.45) is 5.73 Å². The highest BCUT2D eigenvalue weighted by molar-refractivity contribution is 5.36. The molecule has 6 nitrogen and oxygen atoms in total. The van der Waals surface area contributed by atoms with Crippen LogP contribution in [0.15, 0.2) is 12.3 Å². The molecule has 1 rings (SSSR count). The second kappa shape index (κ2) is 4.52. The van der Waals surface area contributed by atoms with Crippen molar-refractivity contribution in [3.63, 3.8) is 0 Å². The van der Waals surface area contributed by atoms with Gasteiger partial charge in [-0.3, -0.25) is 10.1 Å². The first-order valence-corrected chi connectivity index (χ1v) is 4.09. The average molecular weight is 197 g/mol. The molecule has 2 N–H and O–H groups in total. The summed E-state index contributed by atoms with van der Waals surface area (Å²) in [6, 6.07) is 1.42. The Labute approximate surface area is 80.9 Å². The van der Waals surface area contributed by atoms with Crippen LogP contribution in [0.25, 0.3) is 0 Å². The molecule has 1 aromatic heterocycles. The molecule has 0 spiro atoms. The summed E-state index contributed by atoms with van der Waals surface area (Å²) in [4.78, 5) is 13.7. The van der Waals surface area contributed by atoms with Crippen molar-refractivity contribution >= 4 is 5.69 Å². The summed E-state index contributed by atoms with van der Waals surface area (Å²) in [7, 11) is 0. The normalized spacial score (nSPS) is 9.86. The zero-order valence-electron chi connectivity index (χ0n) is 7.77. The van der Waals surface area contributed by atoms with Gasteiger partial charge >= 0.3 is 0 Å². The summed E-state index contributed by atoms with van der Waals surface area (Å²) in [5.74, 6) is 0.390. The van der Waals surface area contributed by atoms with Gasteiger partial charge in [0.1, 0.15) is 12.8 Å². The Morgan fingerprint density at radius 1 is 1.71 bits per heavy atom. The topological polar surface area (TPSA) is 91.3 Å². The van der Waals surface area contributed by atoms with Gasteiger partial charge in [-0.15, -0.1) is 0 Å². The summed E-state index contributed by atoms with van der Waals surface area (Å²) in [6.45, 7) is 2.44. The van der Waals surface area contributed by atoms with Crippen molar-refractivity contribution < 1.29 is 9.66 Å². The molecule has 6 heteroatoms. The van der Waals surface area contributed by atoms with Gasteiger partial charge in [0, 0.05) is 18.2 Å². The quantitative estimate of drug-likeness (QED) is 0.564. The van der Waals surface area contributed by atoms with Crippen LogP contribution in [0.3, 0.4) is 0 Å². The van der Waals surface area contributed by atoms with E-state index in [4.69, 9.17) is 10.5 Å². The smallest absolute Gasteiger partial charge is 0.288 e. The van der Waals surface area contributed by atoms with Crippen molar-refractivity contribution in [1.82, 2.24) is 4.98 Å². The SMILES string of the molecule is Cc1cc([N+](=O)[O-])cnc1OCCN. The van der Waals surface area contributed by atoms with Crippen molar-refractivity contribution in [2.75, 3.05) is 13.2 Å².